The van der Waals surface area contributed by atoms with Crippen LogP contribution in [0.3, 0.4) is 0 Å². The minimum absolute atomic E-state index is 0.0442. The monoisotopic (exact) mass is 580 g/mol. The van der Waals surface area contributed by atoms with Gasteiger partial charge in [0, 0.05) is 29.2 Å². The standard InChI is InChI=1S/C30H19Cl2FN8/c31-24-12-20(8-9-26(24)33)37-28-19(14-34)15-36-30-23(28)11-21(13-25(30)32)38-29(18-5-2-1-3-6-18)27-17-41(40-39-27)22-7-4-10-35-16-22/h1-13,15-17,29,38H,(H,36,37)/t29-/m0/s1. The maximum absolute atomic E-state index is 13.8. The summed E-state index contributed by atoms with van der Waals surface area (Å²) < 4.78 is 15.4. The van der Waals surface area contributed by atoms with Crippen LogP contribution in [0.1, 0.15) is 22.9 Å². The SMILES string of the molecule is N#Cc1cnc2c(Cl)cc(N[C@@H](c3ccccc3)c3cn(-c4cccnc4)nn3)cc2c1Nc1ccc(F)c(Cl)c1. The maximum Gasteiger partial charge on any atom is 0.141 e. The topological polar surface area (TPSA) is 104 Å². The third-order valence-electron chi connectivity index (χ3n) is 6.40. The Morgan fingerprint density at radius 3 is 2.51 bits per heavy atom. The van der Waals surface area contributed by atoms with Gasteiger partial charge in [-0.25, -0.2) is 9.07 Å². The van der Waals surface area contributed by atoms with Crippen LogP contribution in [0.15, 0.2) is 97.6 Å². The quantitative estimate of drug-likeness (QED) is 0.202. The lowest BCUT2D eigenvalue weighted by atomic mass is 10.0. The highest BCUT2D eigenvalue weighted by Gasteiger charge is 2.20. The molecule has 0 aliphatic rings. The van der Waals surface area contributed by atoms with E-state index in [9.17, 15) is 9.65 Å². The molecule has 11 heteroatoms. The van der Waals surface area contributed by atoms with Crippen LogP contribution in [-0.4, -0.2) is 25.0 Å². The van der Waals surface area contributed by atoms with Gasteiger partial charge in [-0.2, -0.15) is 5.26 Å². The zero-order chi connectivity index (χ0) is 28.3. The Morgan fingerprint density at radius 1 is 0.927 bits per heavy atom. The minimum atomic E-state index is -0.542. The van der Waals surface area contributed by atoms with Crippen molar-refractivity contribution in [2.45, 2.75) is 6.04 Å². The van der Waals surface area contributed by atoms with Gasteiger partial charge in [0.1, 0.15) is 17.6 Å². The summed E-state index contributed by atoms with van der Waals surface area (Å²) >= 11 is 12.7. The highest BCUT2D eigenvalue weighted by atomic mass is 35.5. The van der Waals surface area contributed by atoms with Crippen LogP contribution in [0.2, 0.25) is 10.0 Å². The Labute approximate surface area is 244 Å². The number of nitrogens with one attached hydrogen (secondary N) is 2. The van der Waals surface area contributed by atoms with Crippen molar-refractivity contribution < 1.29 is 4.39 Å². The van der Waals surface area contributed by atoms with Gasteiger partial charge >= 0.3 is 0 Å². The third kappa shape index (κ3) is 5.39. The molecule has 3 heterocycles. The molecule has 0 bridgehead atoms. The zero-order valence-electron chi connectivity index (χ0n) is 21.1. The molecule has 0 amide bonds. The van der Waals surface area contributed by atoms with Crippen LogP contribution in [0.5, 0.6) is 0 Å². The smallest absolute Gasteiger partial charge is 0.141 e. The van der Waals surface area contributed by atoms with Crippen LogP contribution < -0.4 is 10.6 Å². The largest absolute Gasteiger partial charge is 0.373 e. The molecule has 41 heavy (non-hydrogen) atoms. The molecule has 6 rings (SSSR count). The van der Waals surface area contributed by atoms with E-state index in [0.29, 0.717) is 38.7 Å². The summed E-state index contributed by atoms with van der Waals surface area (Å²) in [5.41, 5.74) is 4.79. The van der Waals surface area contributed by atoms with Gasteiger partial charge in [0.05, 0.1) is 50.9 Å². The second-order valence-electron chi connectivity index (χ2n) is 9.05. The molecule has 3 aromatic heterocycles. The van der Waals surface area contributed by atoms with Gasteiger partial charge in [-0.05, 0) is 48.0 Å². The van der Waals surface area contributed by atoms with E-state index in [1.807, 2.05) is 54.7 Å². The highest BCUT2D eigenvalue weighted by Crippen LogP contribution is 2.37. The van der Waals surface area contributed by atoms with Crippen LogP contribution in [0.4, 0.5) is 21.5 Å². The number of rotatable bonds is 7. The number of benzene rings is 3. The highest BCUT2D eigenvalue weighted by molar-refractivity contribution is 6.36. The summed E-state index contributed by atoms with van der Waals surface area (Å²) in [5.74, 6) is -0.542. The van der Waals surface area contributed by atoms with Crippen LogP contribution in [0, 0.1) is 17.1 Å². The first-order valence-corrected chi connectivity index (χ1v) is 13.1. The van der Waals surface area contributed by atoms with Crippen molar-refractivity contribution in [2.24, 2.45) is 0 Å². The van der Waals surface area contributed by atoms with Crippen molar-refractivity contribution in [2.75, 3.05) is 10.6 Å². The molecule has 200 valence electrons. The fourth-order valence-corrected chi connectivity index (χ4v) is 4.89. The van der Waals surface area contributed by atoms with Crippen molar-refractivity contribution >= 4 is 51.2 Å². The second-order valence-corrected chi connectivity index (χ2v) is 9.87. The van der Waals surface area contributed by atoms with E-state index >= 15 is 0 Å². The summed E-state index contributed by atoms with van der Waals surface area (Å²) in [7, 11) is 0. The predicted octanol–water partition coefficient (Wildman–Crippen LogP) is 7.47. The molecular weight excluding hydrogens is 562 g/mol. The number of hydrogen-bond donors (Lipinski definition) is 2. The molecule has 0 saturated heterocycles. The van der Waals surface area contributed by atoms with E-state index in [-0.39, 0.29) is 10.6 Å². The molecule has 0 spiro atoms. The number of nitriles is 1. The Hall–Kier alpha value is -5.04. The van der Waals surface area contributed by atoms with Gasteiger partial charge in [0.15, 0.2) is 0 Å². The van der Waals surface area contributed by atoms with Gasteiger partial charge < -0.3 is 10.6 Å². The fourth-order valence-electron chi connectivity index (χ4n) is 4.45. The lowest BCUT2D eigenvalue weighted by Gasteiger charge is -2.20. The number of hydrogen-bond acceptors (Lipinski definition) is 7. The number of nitrogens with zero attached hydrogens (tertiary/aromatic N) is 6. The summed E-state index contributed by atoms with van der Waals surface area (Å²) in [4.78, 5) is 8.58. The van der Waals surface area contributed by atoms with Gasteiger partial charge in [0.2, 0.25) is 0 Å². The van der Waals surface area contributed by atoms with Crippen LogP contribution in [-0.2, 0) is 0 Å². The maximum atomic E-state index is 13.8. The number of fused-ring (bicyclic) bond motifs is 1. The third-order valence-corrected chi connectivity index (χ3v) is 6.97. The lowest BCUT2D eigenvalue weighted by molar-refractivity contribution is 0.628. The molecule has 1 atom stereocenters. The molecule has 0 saturated carbocycles. The molecule has 6 aromatic rings. The molecule has 0 aliphatic carbocycles. The Kier molecular flexibility index (Phi) is 7.17. The van der Waals surface area contributed by atoms with Crippen LogP contribution >= 0.6 is 23.2 Å². The van der Waals surface area contributed by atoms with E-state index in [1.54, 1.807) is 23.1 Å². The zero-order valence-corrected chi connectivity index (χ0v) is 22.6. The van der Waals surface area contributed by atoms with Crippen molar-refractivity contribution in [1.82, 2.24) is 25.0 Å². The van der Waals surface area contributed by atoms with E-state index in [4.69, 9.17) is 23.2 Å². The Balaban J connectivity index is 1.43. The molecule has 0 radical (unpaired) electrons. The molecule has 0 fully saturated rings. The molecule has 8 nitrogen and oxygen atoms in total. The van der Waals surface area contributed by atoms with E-state index in [0.717, 1.165) is 11.3 Å². The molecule has 0 unspecified atom stereocenters. The van der Waals surface area contributed by atoms with Crippen molar-refractivity contribution in [3.05, 3.63) is 130 Å². The Bertz CT molecular complexity index is 1910. The Morgan fingerprint density at radius 2 is 1.76 bits per heavy atom. The fraction of sp³-hybridized carbons (Fsp3) is 0.0333. The van der Waals surface area contributed by atoms with Gasteiger partial charge in [-0.1, -0.05) is 58.7 Å². The first-order chi connectivity index (χ1) is 20.0. The number of pyridine rings is 2. The first-order valence-electron chi connectivity index (χ1n) is 12.4. The van der Waals surface area contributed by atoms with E-state index < -0.39 is 11.9 Å². The summed E-state index contributed by atoms with van der Waals surface area (Å²) in [6.45, 7) is 0. The average Bonchev–Trinajstić information content (AvgIpc) is 3.49. The number of aromatic nitrogens is 5. The minimum Gasteiger partial charge on any atom is -0.373 e. The normalized spacial score (nSPS) is 11.7. The van der Waals surface area contributed by atoms with Crippen molar-refractivity contribution in [1.29, 1.82) is 5.26 Å². The summed E-state index contributed by atoms with van der Waals surface area (Å²) in [5, 5.41) is 26.2. The van der Waals surface area contributed by atoms with Crippen molar-refractivity contribution in [3.63, 3.8) is 0 Å². The van der Waals surface area contributed by atoms with Crippen molar-refractivity contribution in [3.8, 4) is 11.8 Å². The molecule has 3 aromatic carbocycles. The van der Waals surface area contributed by atoms with Gasteiger partial charge in [-0.3, -0.25) is 9.97 Å². The van der Waals surface area contributed by atoms with E-state index in [1.165, 1.54) is 24.4 Å². The number of halogens is 3. The molecule has 0 aliphatic heterocycles. The predicted molar refractivity (Wildman–Crippen MR) is 157 cm³/mol. The number of anilines is 3. The second kappa shape index (κ2) is 11.2. The molecular formula is C30H19Cl2FN8. The van der Waals surface area contributed by atoms with Gasteiger partial charge in [0.25, 0.3) is 0 Å². The average molecular weight is 581 g/mol. The lowest BCUT2D eigenvalue weighted by Crippen LogP contribution is -2.13. The summed E-state index contributed by atoms with van der Waals surface area (Å²) in [6, 6.07) is 23.2. The molecule has 2 N–H and O–H groups in total. The van der Waals surface area contributed by atoms with Crippen LogP contribution in [0.25, 0.3) is 16.6 Å². The van der Waals surface area contributed by atoms with Gasteiger partial charge in [-0.15, -0.1) is 5.10 Å². The summed E-state index contributed by atoms with van der Waals surface area (Å²) in [6.07, 6.45) is 6.68. The van der Waals surface area contributed by atoms with E-state index in [2.05, 4.69) is 37.0 Å². The first kappa shape index (κ1) is 26.2.